The van der Waals surface area contributed by atoms with Gasteiger partial charge in [-0.2, -0.15) is 0 Å². The summed E-state index contributed by atoms with van der Waals surface area (Å²) < 4.78 is 11.1. The molecule has 1 aromatic carbocycles. The smallest absolute Gasteiger partial charge is 0.321 e. The summed E-state index contributed by atoms with van der Waals surface area (Å²) in [6.07, 6.45) is 4.02. The second kappa shape index (κ2) is 11.3. The lowest BCUT2D eigenvalue weighted by Crippen LogP contribution is -2.40. The van der Waals surface area contributed by atoms with Crippen LogP contribution in [0.3, 0.4) is 0 Å². The van der Waals surface area contributed by atoms with Gasteiger partial charge in [0.25, 0.3) is 0 Å². The quantitative estimate of drug-likeness (QED) is 0.376. The summed E-state index contributed by atoms with van der Waals surface area (Å²) in [7, 11) is 0. The lowest BCUT2D eigenvalue weighted by Gasteiger charge is -2.29. The number of carbonyl (C=O) groups excluding carboxylic acids is 3. The molecule has 0 bridgehead atoms. The third-order valence-corrected chi connectivity index (χ3v) is 4.18. The molecule has 1 aromatic rings. The van der Waals surface area contributed by atoms with Crippen LogP contribution < -0.4 is 0 Å². The maximum Gasteiger partial charge on any atom is 0.321 e. The highest BCUT2D eigenvalue weighted by atomic mass is 16.6. The Labute approximate surface area is 187 Å². The average molecular weight is 431 g/mol. The fourth-order valence-electron chi connectivity index (χ4n) is 3.07. The molecule has 0 aromatic heterocycles. The molecule has 0 aliphatic carbocycles. The Kier molecular flexibility index (Phi) is 9.67. The fraction of sp³-hybridized carbons (Fsp3) is 0.577. The molecular formula is C26H38O5. The molecular weight excluding hydrogens is 392 g/mol. The molecule has 0 N–H and O–H groups in total. The van der Waals surface area contributed by atoms with E-state index >= 15 is 0 Å². The van der Waals surface area contributed by atoms with Crippen molar-refractivity contribution < 1.29 is 23.9 Å². The number of hydrogen-bond donors (Lipinski definition) is 0. The first-order valence-corrected chi connectivity index (χ1v) is 10.9. The molecule has 5 nitrogen and oxygen atoms in total. The van der Waals surface area contributed by atoms with Crippen LogP contribution in [-0.4, -0.2) is 28.9 Å². The van der Waals surface area contributed by atoms with Crippen molar-refractivity contribution in [3.05, 3.63) is 42.0 Å². The first-order chi connectivity index (χ1) is 14.2. The van der Waals surface area contributed by atoms with E-state index in [-0.39, 0.29) is 18.1 Å². The van der Waals surface area contributed by atoms with Crippen molar-refractivity contribution in [2.45, 2.75) is 79.4 Å². The highest BCUT2D eigenvalue weighted by Gasteiger charge is 2.40. The highest BCUT2D eigenvalue weighted by Crippen LogP contribution is 2.27. The third kappa shape index (κ3) is 11.0. The van der Waals surface area contributed by atoms with Gasteiger partial charge in [-0.1, -0.05) is 56.3 Å². The number of ether oxygens (including phenoxy) is 2. The van der Waals surface area contributed by atoms with Crippen molar-refractivity contribution in [2.24, 2.45) is 17.8 Å². The van der Waals surface area contributed by atoms with E-state index in [1.807, 2.05) is 50.3 Å². The van der Waals surface area contributed by atoms with Crippen LogP contribution in [0.4, 0.5) is 0 Å². The van der Waals surface area contributed by atoms with Gasteiger partial charge in [0.15, 0.2) is 5.92 Å². The van der Waals surface area contributed by atoms with Crippen LogP contribution in [0.15, 0.2) is 36.4 Å². The van der Waals surface area contributed by atoms with Crippen LogP contribution >= 0.6 is 0 Å². The van der Waals surface area contributed by atoms with Crippen molar-refractivity contribution in [3.8, 4) is 0 Å². The van der Waals surface area contributed by atoms with Gasteiger partial charge in [0, 0.05) is 18.8 Å². The molecule has 1 atom stereocenters. The second-order valence-corrected chi connectivity index (χ2v) is 10.3. The second-order valence-electron chi connectivity index (χ2n) is 10.3. The Morgan fingerprint density at radius 1 is 0.839 bits per heavy atom. The molecule has 31 heavy (non-hydrogen) atoms. The Bertz CT molecular complexity index is 735. The van der Waals surface area contributed by atoms with Crippen molar-refractivity contribution in [3.63, 3.8) is 0 Å². The molecule has 0 aliphatic heterocycles. The first kappa shape index (κ1) is 26.6. The van der Waals surface area contributed by atoms with Gasteiger partial charge in [-0.25, -0.2) is 0 Å². The van der Waals surface area contributed by atoms with E-state index in [1.54, 1.807) is 47.6 Å². The summed E-state index contributed by atoms with van der Waals surface area (Å²) in [6, 6.07) is 9.54. The molecule has 1 rings (SSSR count). The van der Waals surface area contributed by atoms with Gasteiger partial charge in [-0.3, -0.25) is 14.4 Å². The Balaban J connectivity index is 3.34. The molecule has 0 aliphatic rings. The standard InChI is InChI=1S/C26H38O5/c1-18(2)16-21(27)17-20(15-14-19-12-10-9-11-13-19)22(23(28)30-25(3,4)5)24(29)31-26(6,7)8/h9-15,18,20,22H,16-17H2,1-8H3/b15-14+. The number of carbonyl (C=O) groups is 3. The lowest BCUT2D eigenvalue weighted by molar-refractivity contribution is -0.176. The van der Waals surface area contributed by atoms with Gasteiger partial charge in [-0.05, 0) is 53.0 Å². The van der Waals surface area contributed by atoms with Crippen molar-refractivity contribution in [1.29, 1.82) is 0 Å². The number of allylic oxidation sites excluding steroid dienone is 1. The van der Waals surface area contributed by atoms with E-state index in [2.05, 4.69) is 0 Å². The Hall–Kier alpha value is -2.43. The molecule has 0 amide bonds. The van der Waals surface area contributed by atoms with Gasteiger partial charge in [0.05, 0.1) is 0 Å². The Morgan fingerprint density at radius 2 is 1.32 bits per heavy atom. The van der Waals surface area contributed by atoms with E-state index in [0.29, 0.717) is 6.42 Å². The predicted molar refractivity (Wildman–Crippen MR) is 123 cm³/mol. The van der Waals surface area contributed by atoms with Gasteiger partial charge in [0.2, 0.25) is 0 Å². The normalized spacial score (nSPS) is 13.5. The van der Waals surface area contributed by atoms with E-state index in [1.165, 1.54) is 0 Å². The van der Waals surface area contributed by atoms with Gasteiger partial charge in [-0.15, -0.1) is 0 Å². The maximum atomic E-state index is 13.1. The highest BCUT2D eigenvalue weighted by molar-refractivity contribution is 5.96. The van der Waals surface area contributed by atoms with Crippen LogP contribution in [0.1, 0.15) is 73.8 Å². The van der Waals surface area contributed by atoms with Gasteiger partial charge in [0.1, 0.15) is 17.0 Å². The van der Waals surface area contributed by atoms with Crippen molar-refractivity contribution >= 4 is 23.8 Å². The van der Waals surface area contributed by atoms with Gasteiger partial charge >= 0.3 is 11.9 Å². The van der Waals surface area contributed by atoms with Crippen LogP contribution in [0, 0.1) is 17.8 Å². The average Bonchev–Trinajstić information content (AvgIpc) is 2.56. The number of Topliss-reactive ketones (excluding diaryl/α,β-unsaturated/α-hetero) is 1. The number of esters is 2. The molecule has 0 saturated carbocycles. The SMILES string of the molecule is CC(C)CC(=O)CC(/C=C/c1ccccc1)C(C(=O)OC(C)(C)C)C(=O)OC(C)(C)C. The van der Waals surface area contributed by atoms with Crippen LogP contribution in [0.25, 0.3) is 6.08 Å². The van der Waals surface area contributed by atoms with E-state index in [0.717, 1.165) is 5.56 Å². The van der Waals surface area contributed by atoms with Crippen LogP contribution in [0.2, 0.25) is 0 Å². The van der Waals surface area contributed by atoms with E-state index in [4.69, 9.17) is 9.47 Å². The molecule has 0 radical (unpaired) electrons. The molecule has 172 valence electrons. The van der Waals surface area contributed by atoms with Crippen molar-refractivity contribution in [2.75, 3.05) is 0 Å². The monoisotopic (exact) mass is 430 g/mol. The predicted octanol–water partition coefficient (Wildman–Crippen LogP) is 5.62. The zero-order chi connectivity index (χ0) is 23.8. The van der Waals surface area contributed by atoms with E-state index < -0.39 is 35.0 Å². The topological polar surface area (TPSA) is 69.7 Å². The summed E-state index contributed by atoms with van der Waals surface area (Å²) in [5, 5.41) is 0. The summed E-state index contributed by atoms with van der Waals surface area (Å²) in [5.41, 5.74) is -0.629. The zero-order valence-corrected chi connectivity index (χ0v) is 20.2. The van der Waals surface area contributed by atoms with E-state index in [9.17, 15) is 14.4 Å². The minimum absolute atomic E-state index is 0.00479. The van der Waals surface area contributed by atoms with Crippen molar-refractivity contribution in [1.82, 2.24) is 0 Å². The lowest BCUT2D eigenvalue weighted by atomic mass is 9.85. The molecule has 0 fully saturated rings. The molecule has 1 unspecified atom stereocenters. The summed E-state index contributed by atoms with van der Waals surface area (Å²) in [5.74, 6) is -3.07. The van der Waals surface area contributed by atoms with Gasteiger partial charge < -0.3 is 9.47 Å². The number of benzene rings is 1. The minimum Gasteiger partial charge on any atom is -0.459 e. The van der Waals surface area contributed by atoms with Crippen LogP contribution in [-0.2, 0) is 23.9 Å². The largest absolute Gasteiger partial charge is 0.459 e. The summed E-state index contributed by atoms with van der Waals surface area (Å²) in [4.78, 5) is 38.8. The molecule has 0 saturated heterocycles. The number of ketones is 1. The third-order valence-electron chi connectivity index (χ3n) is 4.18. The number of rotatable bonds is 9. The first-order valence-electron chi connectivity index (χ1n) is 10.9. The van der Waals surface area contributed by atoms with Crippen LogP contribution in [0.5, 0.6) is 0 Å². The minimum atomic E-state index is -1.23. The summed E-state index contributed by atoms with van der Waals surface area (Å²) in [6.45, 7) is 14.4. The fourth-order valence-corrected chi connectivity index (χ4v) is 3.07. The molecule has 0 heterocycles. The maximum absolute atomic E-state index is 13.1. The summed E-state index contributed by atoms with van der Waals surface area (Å²) >= 11 is 0. The molecule has 0 spiro atoms. The molecule has 5 heteroatoms. The zero-order valence-electron chi connectivity index (χ0n) is 20.2. The number of hydrogen-bond acceptors (Lipinski definition) is 5. The Morgan fingerprint density at radius 3 is 1.74 bits per heavy atom.